The molecule has 1 aromatic carbocycles. The second-order valence-corrected chi connectivity index (χ2v) is 5.16. The van der Waals surface area contributed by atoms with Crippen LogP contribution >= 0.6 is 11.3 Å². The van der Waals surface area contributed by atoms with Crippen molar-refractivity contribution in [1.82, 2.24) is 9.97 Å². The van der Waals surface area contributed by atoms with Gasteiger partial charge in [0.1, 0.15) is 22.8 Å². The fourth-order valence-corrected chi connectivity index (χ4v) is 2.46. The molecule has 0 saturated heterocycles. The van der Waals surface area contributed by atoms with Crippen molar-refractivity contribution in [2.45, 2.75) is 6.61 Å². The molecule has 2 aromatic heterocycles. The third-order valence-corrected chi connectivity index (χ3v) is 3.61. The number of esters is 1. The molecule has 3 aromatic rings. The third-order valence-electron chi connectivity index (χ3n) is 2.86. The summed E-state index contributed by atoms with van der Waals surface area (Å²) in [6.07, 6.45) is 1.63. The summed E-state index contributed by atoms with van der Waals surface area (Å²) in [7, 11) is 0. The molecule has 0 fully saturated rings. The Morgan fingerprint density at radius 1 is 1.48 bits per heavy atom. The number of nitrogens with one attached hydrogen (secondary N) is 1. The standard InChI is InChI=1S/C13H9N3O4S/c17-13(20-7-11-14-4-5-21-11)9-6-8-2-1-3-10(16(18)19)12(8)15-9/h1-6,15H,7H2. The minimum atomic E-state index is -0.573. The van der Waals surface area contributed by atoms with Crippen LogP contribution < -0.4 is 0 Å². The summed E-state index contributed by atoms with van der Waals surface area (Å²) in [5, 5.41) is 14.0. The quantitative estimate of drug-likeness (QED) is 0.454. The van der Waals surface area contributed by atoms with Crippen LogP contribution in [0.4, 0.5) is 5.69 Å². The van der Waals surface area contributed by atoms with Crippen LogP contribution in [0.3, 0.4) is 0 Å². The molecular weight excluding hydrogens is 294 g/mol. The van der Waals surface area contributed by atoms with Crippen molar-refractivity contribution in [3.8, 4) is 0 Å². The first kappa shape index (κ1) is 13.3. The van der Waals surface area contributed by atoms with Crippen LogP contribution in [0.25, 0.3) is 10.9 Å². The van der Waals surface area contributed by atoms with Crippen molar-refractivity contribution in [3.63, 3.8) is 0 Å². The Labute approximate surface area is 122 Å². The lowest BCUT2D eigenvalue weighted by molar-refractivity contribution is -0.383. The molecule has 2 heterocycles. The molecule has 21 heavy (non-hydrogen) atoms. The highest BCUT2D eigenvalue weighted by Crippen LogP contribution is 2.25. The second-order valence-electron chi connectivity index (χ2n) is 4.18. The lowest BCUT2D eigenvalue weighted by Gasteiger charge is -1.99. The van der Waals surface area contributed by atoms with Crippen LogP contribution in [-0.2, 0) is 11.3 Å². The molecule has 0 bridgehead atoms. The molecule has 3 rings (SSSR count). The zero-order valence-electron chi connectivity index (χ0n) is 10.6. The number of benzene rings is 1. The first-order valence-electron chi connectivity index (χ1n) is 5.97. The second kappa shape index (κ2) is 5.33. The van der Waals surface area contributed by atoms with E-state index in [9.17, 15) is 14.9 Å². The van der Waals surface area contributed by atoms with Gasteiger partial charge >= 0.3 is 5.97 Å². The van der Waals surface area contributed by atoms with E-state index in [-0.39, 0.29) is 18.0 Å². The fraction of sp³-hybridized carbons (Fsp3) is 0.0769. The molecule has 0 radical (unpaired) electrons. The topological polar surface area (TPSA) is 98.1 Å². The number of thiazole rings is 1. The van der Waals surface area contributed by atoms with E-state index in [0.29, 0.717) is 15.9 Å². The van der Waals surface area contributed by atoms with Gasteiger partial charge in [-0.3, -0.25) is 10.1 Å². The number of rotatable bonds is 4. The predicted molar refractivity (Wildman–Crippen MR) is 76.2 cm³/mol. The van der Waals surface area contributed by atoms with Crippen LogP contribution in [0.2, 0.25) is 0 Å². The van der Waals surface area contributed by atoms with Gasteiger partial charge in [-0.2, -0.15) is 0 Å². The van der Waals surface area contributed by atoms with Crippen LogP contribution in [0.15, 0.2) is 35.8 Å². The molecule has 106 valence electrons. The van der Waals surface area contributed by atoms with E-state index in [1.54, 1.807) is 23.7 Å². The maximum Gasteiger partial charge on any atom is 0.355 e. The summed E-state index contributed by atoms with van der Waals surface area (Å²) in [5.74, 6) is -0.573. The number of non-ortho nitro benzene ring substituents is 1. The largest absolute Gasteiger partial charge is 0.454 e. The minimum absolute atomic E-state index is 0.0773. The number of para-hydroxylation sites is 1. The Morgan fingerprint density at radius 2 is 2.33 bits per heavy atom. The Kier molecular flexibility index (Phi) is 3.36. The van der Waals surface area contributed by atoms with Gasteiger partial charge in [-0.25, -0.2) is 9.78 Å². The molecule has 0 aliphatic rings. The van der Waals surface area contributed by atoms with E-state index in [1.807, 2.05) is 0 Å². The van der Waals surface area contributed by atoms with Crippen molar-refractivity contribution in [2.75, 3.05) is 0 Å². The first-order chi connectivity index (χ1) is 10.1. The lowest BCUT2D eigenvalue weighted by atomic mass is 10.2. The Balaban J connectivity index is 1.85. The molecule has 0 aliphatic carbocycles. The number of hydrogen-bond acceptors (Lipinski definition) is 6. The summed E-state index contributed by atoms with van der Waals surface area (Å²) in [6.45, 7) is 0.0773. The highest BCUT2D eigenvalue weighted by Gasteiger charge is 2.17. The van der Waals surface area contributed by atoms with Gasteiger partial charge in [-0.15, -0.1) is 11.3 Å². The SMILES string of the molecule is O=C(OCc1nccs1)c1cc2cccc([N+](=O)[O-])c2[nH]1. The maximum absolute atomic E-state index is 11.9. The van der Waals surface area contributed by atoms with E-state index in [0.717, 1.165) is 0 Å². The molecule has 0 unspecified atom stereocenters. The summed E-state index contributed by atoms with van der Waals surface area (Å²) >= 11 is 1.38. The average Bonchev–Trinajstić information content (AvgIpc) is 3.12. The van der Waals surface area contributed by atoms with Crippen molar-refractivity contribution in [2.24, 2.45) is 0 Å². The number of carbonyl (C=O) groups is 1. The monoisotopic (exact) mass is 303 g/mol. The number of nitrogens with zero attached hydrogens (tertiary/aromatic N) is 2. The number of H-pyrrole nitrogens is 1. The molecule has 7 nitrogen and oxygen atoms in total. The molecule has 0 atom stereocenters. The maximum atomic E-state index is 11.9. The number of nitro groups is 1. The van der Waals surface area contributed by atoms with Gasteiger partial charge in [-0.1, -0.05) is 12.1 Å². The third kappa shape index (κ3) is 2.61. The molecular formula is C13H9N3O4S. The van der Waals surface area contributed by atoms with Crippen LogP contribution in [0.5, 0.6) is 0 Å². The number of aromatic nitrogens is 2. The number of ether oxygens (including phenoxy) is 1. The molecule has 1 N–H and O–H groups in total. The van der Waals surface area contributed by atoms with Gasteiger partial charge in [0, 0.05) is 23.0 Å². The van der Waals surface area contributed by atoms with E-state index < -0.39 is 10.9 Å². The van der Waals surface area contributed by atoms with E-state index in [1.165, 1.54) is 23.5 Å². The summed E-state index contributed by atoms with van der Waals surface area (Å²) in [4.78, 5) is 29.1. The average molecular weight is 303 g/mol. The number of hydrogen-bond donors (Lipinski definition) is 1. The molecule has 8 heteroatoms. The van der Waals surface area contributed by atoms with Crippen molar-refractivity contribution >= 4 is 33.9 Å². The van der Waals surface area contributed by atoms with Crippen molar-refractivity contribution in [1.29, 1.82) is 0 Å². The number of fused-ring (bicyclic) bond motifs is 1. The smallest absolute Gasteiger partial charge is 0.355 e. The number of carbonyl (C=O) groups excluding carboxylic acids is 1. The van der Waals surface area contributed by atoms with Gasteiger partial charge in [0.25, 0.3) is 5.69 Å². The van der Waals surface area contributed by atoms with Crippen molar-refractivity contribution < 1.29 is 14.5 Å². The minimum Gasteiger partial charge on any atom is -0.454 e. The Morgan fingerprint density at radius 3 is 3.05 bits per heavy atom. The highest BCUT2D eigenvalue weighted by molar-refractivity contribution is 7.09. The van der Waals surface area contributed by atoms with Gasteiger partial charge in [0.05, 0.1) is 4.92 Å². The predicted octanol–water partition coefficient (Wildman–Crippen LogP) is 2.89. The molecule has 0 saturated carbocycles. The molecule has 0 spiro atoms. The van der Waals surface area contributed by atoms with Gasteiger partial charge < -0.3 is 9.72 Å². The Bertz CT molecular complexity index is 810. The van der Waals surface area contributed by atoms with Gasteiger partial charge in [-0.05, 0) is 6.07 Å². The number of aromatic amines is 1. The van der Waals surface area contributed by atoms with E-state index >= 15 is 0 Å². The van der Waals surface area contributed by atoms with E-state index in [2.05, 4.69) is 9.97 Å². The van der Waals surface area contributed by atoms with Gasteiger partial charge in [0.15, 0.2) is 0 Å². The fourth-order valence-electron chi connectivity index (χ4n) is 1.93. The van der Waals surface area contributed by atoms with Gasteiger partial charge in [0.2, 0.25) is 0 Å². The normalized spacial score (nSPS) is 10.7. The van der Waals surface area contributed by atoms with Crippen LogP contribution in [-0.4, -0.2) is 20.9 Å². The van der Waals surface area contributed by atoms with Crippen molar-refractivity contribution in [3.05, 3.63) is 56.7 Å². The Hall–Kier alpha value is -2.74. The van der Waals surface area contributed by atoms with E-state index in [4.69, 9.17) is 4.74 Å². The first-order valence-corrected chi connectivity index (χ1v) is 6.85. The summed E-state index contributed by atoms with van der Waals surface area (Å²) in [6, 6.07) is 6.17. The zero-order valence-corrected chi connectivity index (χ0v) is 11.4. The van der Waals surface area contributed by atoms with Crippen LogP contribution in [0, 0.1) is 10.1 Å². The lowest BCUT2D eigenvalue weighted by Crippen LogP contribution is -2.05. The summed E-state index contributed by atoms with van der Waals surface area (Å²) < 4.78 is 5.11. The number of nitro benzene ring substituents is 1. The zero-order chi connectivity index (χ0) is 14.8. The highest BCUT2D eigenvalue weighted by atomic mass is 32.1. The van der Waals surface area contributed by atoms with Crippen LogP contribution in [0.1, 0.15) is 15.5 Å². The molecule has 0 amide bonds. The summed E-state index contributed by atoms with van der Waals surface area (Å²) in [5.41, 5.74) is 0.408. The molecule has 0 aliphatic heterocycles.